The molecule has 0 amide bonds. The van der Waals surface area contributed by atoms with Crippen LogP contribution in [0, 0.1) is 0 Å². The molecule has 0 aromatic carbocycles. The van der Waals surface area contributed by atoms with Crippen molar-refractivity contribution in [1.82, 2.24) is 24.2 Å². The molecular weight excluding hydrogens is 308 g/mol. The average Bonchev–Trinajstić information content (AvgIpc) is 3.22. The fraction of sp³-hybridized carbons (Fsp3) is 0.625. The highest BCUT2D eigenvalue weighted by Crippen LogP contribution is 2.21. The number of aryl methyl sites for hydroxylation is 1. The van der Waals surface area contributed by atoms with Crippen molar-refractivity contribution in [3.05, 3.63) is 24.3 Å². The summed E-state index contributed by atoms with van der Waals surface area (Å²) in [6.07, 6.45) is 5.54. The summed E-state index contributed by atoms with van der Waals surface area (Å²) in [4.78, 5) is 8.75. The molecule has 0 aliphatic carbocycles. The first-order valence-electron chi connectivity index (χ1n) is 8.07. The molecule has 8 heteroatoms. The first kappa shape index (κ1) is 16.8. The van der Waals surface area contributed by atoms with Crippen LogP contribution in [0.3, 0.4) is 0 Å². The first-order chi connectivity index (χ1) is 11.5. The average molecular weight is 334 g/mol. The molecule has 2 aromatic heterocycles. The summed E-state index contributed by atoms with van der Waals surface area (Å²) < 4.78 is 15.6. The lowest BCUT2D eigenvalue weighted by Crippen LogP contribution is -2.43. The summed E-state index contributed by atoms with van der Waals surface area (Å²) in [6.45, 7) is 2.05. The summed E-state index contributed by atoms with van der Waals surface area (Å²) >= 11 is 0. The van der Waals surface area contributed by atoms with Gasteiger partial charge in [-0.1, -0.05) is 0 Å². The molecule has 8 nitrogen and oxygen atoms in total. The van der Waals surface area contributed by atoms with Gasteiger partial charge in [-0.05, 0) is 7.05 Å². The van der Waals surface area contributed by atoms with E-state index in [0.29, 0.717) is 13.2 Å². The molecule has 0 spiro atoms. The monoisotopic (exact) mass is 334 g/mol. The Morgan fingerprint density at radius 1 is 1.25 bits per heavy atom. The van der Waals surface area contributed by atoms with Gasteiger partial charge in [0.25, 0.3) is 0 Å². The third-order valence-electron chi connectivity index (χ3n) is 4.41. The van der Waals surface area contributed by atoms with E-state index in [1.165, 1.54) is 0 Å². The zero-order chi connectivity index (χ0) is 17.3. The van der Waals surface area contributed by atoms with Gasteiger partial charge in [0.15, 0.2) is 5.75 Å². The number of hydrogen-bond acceptors (Lipinski definition) is 6. The highest BCUT2D eigenvalue weighted by Gasteiger charge is 2.34. The van der Waals surface area contributed by atoms with Crippen LogP contribution in [0.2, 0.25) is 0 Å². The lowest BCUT2D eigenvalue weighted by molar-refractivity contribution is 0.111. The standard InChI is InChI=1S/C16H26N6O2/c1-19(2)16-17-6-12(22(16)5)8-20(3)14-10-23-11-15(14)24-13-7-18-21(4)9-13/h6-7,9,14-15H,8,10-11H2,1-5H3/t14-,15+/m0/s1. The molecule has 0 N–H and O–H groups in total. The van der Waals surface area contributed by atoms with E-state index in [-0.39, 0.29) is 12.1 Å². The molecule has 0 saturated carbocycles. The number of likely N-dealkylation sites (N-methyl/N-ethyl adjacent to an activating group) is 1. The maximum absolute atomic E-state index is 6.06. The van der Waals surface area contributed by atoms with Crippen molar-refractivity contribution in [2.45, 2.75) is 18.7 Å². The van der Waals surface area contributed by atoms with Crippen LogP contribution in [-0.4, -0.2) is 70.7 Å². The second-order valence-electron chi connectivity index (χ2n) is 6.53. The van der Waals surface area contributed by atoms with Gasteiger partial charge >= 0.3 is 0 Å². The lowest BCUT2D eigenvalue weighted by atomic mass is 10.2. The summed E-state index contributed by atoms with van der Waals surface area (Å²) in [5.74, 6) is 1.73. The molecule has 2 atom stereocenters. The van der Waals surface area contributed by atoms with Crippen molar-refractivity contribution in [3.63, 3.8) is 0 Å². The van der Waals surface area contributed by atoms with Crippen LogP contribution in [0.15, 0.2) is 18.6 Å². The quantitative estimate of drug-likeness (QED) is 0.767. The Kier molecular flexibility index (Phi) is 4.77. The fourth-order valence-corrected chi connectivity index (χ4v) is 3.05. The smallest absolute Gasteiger partial charge is 0.204 e. The third kappa shape index (κ3) is 3.39. The summed E-state index contributed by atoms with van der Waals surface area (Å²) in [5.41, 5.74) is 1.16. The van der Waals surface area contributed by atoms with Gasteiger partial charge in [-0.15, -0.1) is 0 Å². The Morgan fingerprint density at radius 2 is 2.04 bits per heavy atom. The first-order valence-corrected chi connectivity index (χ1v) is 8.07. The van der Waals surface area contributed by atoms with Crippen molar-refractivity contribution in [3.8, 4) is 5.75 Å². The largest absolute Gasteiger partial charge is 0.483 e. The fourth-order valence-electron chi connectivity index (χ4n) is 3.05. The van der Waals surface area contributed by atoms with Crippen LogP contribution in [0.5, 0.6) is 5.75 Å². The second-order valence-corrected chi connectivity index (χ2v) is 6.53. The zero-order valence-electron chi connectivity index (χ0n) is 15.0. The summed E-state index contributed by atoms with van der Waals surface area (Å²) in [6, 6.07) is 0.197. The Balaban J connectivity index is 1.66. The predicted octanol–water partition coefficient (Wildman–Crippen LogP) is 0.498. The molecule has 0 radical (unpaired) electrons. The summed E-state index contributed by atoms with van der Waals surface area (Å²) in [5, 5.41) is 4.15. The number of nitrogens with zero attached hydrogens (tertiary/aromatic N) is 6. The highest BCUT2D eigenvalue weighted by molar-refractivity contribution is 5.31. The van der Waals surface area contributed by atoms with Crippen LogP contribution in [-0.2, 0) is 25.4 Å². The maximum atomic E-state index is 6.06. The van der Waals surface area contributed by atoms with Crippen molar-refractivity contribution >= 4 is 5.95 Å². The second kappa shape index (κ2) is 6.82. The molecular formula is C16H26N6O2. The molecule has 0 unspecified atom stereocenters. The Hall–Kier alpha value is -2.06. The van der Waals surface area contributed by atoms with Gasteiger partial charge in [-0.3, -0.25) is 9.58 Å². The van der Waals surface area contributed by atoms with Crippen molar-refractivity contribution in [1.29, 1.82) is 0 Å². The predicted molar refractivity (Wildman–Crippen MR) is 91.2 cm³/mol. The van der Waals surface area contributed by atoms with E-state index in [1.807, 2.05) is 45.5 Å². The minimum absolute atomic E-state index is 0.000691. The maximum Gasteiger partial charge on any atom is 0.204 e. The number of imidazole rings is 1. The van der Waals surface area contributed by atoms with E-state index < -0.39 is 0 Å². The molecule has 1 fully saturated rings. The highest BCUT2D eigenvalue weighted by atomic mass is 16.5. The number of hydrogen-bond donors (Lipinski definition) is 0. The molecule has 1 saturated heterocycles. The Bertz CT molecular complexity index is 680. The van der Waals surface area contributed by atoms with Crippen molar-refractivity contribution < 1.29 is 9.47 Å². The van der Waals surface area contributed by atoms with E-state index in [0.717, 1.165) is 23.9 Å². The van der Waals surface area contributed by atoms with E-state index in [4.69, 9.17) is 9.47 Å². The summed E-state index contributed by atoms with van der Waals surface area (Å²) in [7, 11) is 10.0. The normalized spacial score (nSPS) is 20.8. The van der Waals surface area contributed by atoms with Gasteiger partial charge < -0.3 is 18.9 Å². The third-order valence-corrected chi connectivity index (χ3v) is 4.41. The molecule has 1 aliphatic heterocycles. The lowest BCUT2D eigenvalue weighted by Gasteiger charge is -2.28. The molecule has 0 bridgehead atoms. The zero-order valence-corrected chi connectivity index (χ0v) is 15.0. The van der Waals surface area contributed by atoms with E-state index in [2.05, 4.69) is 26.6 Å². The van der Waals surface area contributed by atoms with Crippen molar-refractivity contribution in [2.24, 2.45) is 14.1 Å². The van der Waals surface area contributed by atoms with Gasteiger partial charge in [0.05, 0.1) is 43.5 Å². The van der Waals surface area contributed by atoms with Crippen LogP contribution in [0.1, 0.15) is 5.69 Å². The molecule has 132 valence electrons. The number of anilines is 1. The van der Waals surface area contributed by atoms with Crippen molar-refractivity contribution in [2.75, 3.05) is 39.3 Å². The Labute approximate surface area is 142 Å². The number of ether oxygens (including phenoxy) is 2. The molecule has 1 aliphatic rings. The minimum Gasteiger partial charge on any atom is -0.483 e. The van der Waals surface area contributed by atoms with Crippen LogP contribution < -0.4 is 9.64 Å². The van der Waals surface area contributed by atoms with E-state index >= 15 is 0 Å². The molecule has 3 rings (SSSR count). The Morgan fingerprint density at radius 3 is 2.67 bits per heavy atom. The van der Waals surface area contributed by atoms with E-state index in [9.17, 15) is 0 Å². The van der Waals surface area contributed by atoms with Gasteiger partial charge in [0, 0.05) is 34.7 Å². The number of rotatable bonds is 6. The van der Waals surface area contributed by atoms with Gasteiger partial charge in [-0.2, -0.15) is 5.10 Å². The molecule has 3 heterocycles. The SMILES string of the molecule is CN(C)c1ncc(CN(C)[C@H]2COC[C@H]2Oc2cnn(C)c2)n1C. The van der Waals surface area contributed by atoms with Gasteiger partial charge in [0.2, 0.25) is 5.95 Å². The van der Waals surface area contributed by atoms with E-state index in [1.54, 1.807) is 10.9 Å². The van der Waals surface area contributed by atoms with Gasteiger partial charge in [0.1, 0.15) is 6.10 Å². The van der Waals surface area contributed by atoms with Crippen LogP contribution >= 0.6 is 0 Å². The number of aromatic nitrogens is 4. The molecule has 24 heavy (non-hydrogen) atoms. The molecule has 2 aromatic rings. The van der Waals surface area contributed by atoms with Crippen LogP contribution in [0.25, 0.3) is 0 Å². The van der Waals surface area contributed by atoms with Gasteiger partial charge in [-0.25, -0.2) is 4.98 Å². The minimum atomic E-state index is 0.000691. The topological polar surface area (TPSA) is 60.6 Å². The van der Waals surface area contributed by atoms with Crippen LogP contribution in [0.4, 0.5) is 5.95 Å².